The van der Waals surface area contributed by atoms with E-state index in [1.54, 1.807) is 7.11 Å². The second-order valence-electron chi connectivity index (χ2n) is 6.67. The van der Waals surface area contributed by atoms with Gasteiger partial charge in [0, 0.05) is 38.6 Å². The van der Waals surface area contributed by atoms with E-state index in [1.807, 2.05) is 29.2 Å². The van der Waals surface area contributed by atoms with Gasteiger partial charge in [-0.25, -0.2) is 0 Å². The monoisotopic (exact) mass is 364 g/mol. The van der Waals surface area contributed by atoms with Crippen LogP contribution in [0, 0.1) is 0 Å². The number of rotatable bonds is 5. The molecule has 3 rings (SSSR count). The normalized spacial score (nSPS) is 18.5. The minimum Gasteiger partial charge on any atom is -0.497 e. The average Bonchev–Trinajstić information content (AvgIpc) is 2.65. The van der Waals surface area contributed by atoms with Crippen LogP contribution in [0.4, 0.5) is 0 Å². The Labute approximate surface area is 154 Å². The van der Waals surface area contributed by atoms with Crippen LogP contribution in [-0.2, 0) is 16.0 Å². The lowest BCUT2D eigenvalue weighted by Gasteiger charge is -2.45. The highest BCUT2D eigenvalue weighted by Crippen LogP contribution is 2.22. The van der Waals surface area contributed by atoms with Crippen molar-refractivity contribution in [2.75, 3.05) is 33.3 Å². The van der Waals surface area contributed by atoms with Crippen molar-refractivity contribution in [3.63, 3.8) is 0 Å². The van der Waals surface area contributed by atoms with E-state index in [0.29, 0.717) is 12.5 Å². The number of likely N-dealkylation sites (tertiary alicyclic amines) is 2. The molecule has 2 aliphatic rings. The molecule has 0 unspecified atom stereocenters. The molecular weight excluding hydrogens is 336 g/mol. The summed E-state index contributed by atoms with van der Waals surface area (Å²) in [5.74, 6) is 1.10. The lowest BCUT2D eigenvalue weighted by molar-refractivity contribution is -0.133. The minimum atomic E-state index is -0.250. The number of benzene rings is 1. The van der Waals surface area contributed by atoms with Crippen LogP contribution in [0.25, 0.3) is 0 Å². The van der Waals surface area contributed by atoms with Crippen molar-refractivity contribution >= 4 is 12.4 Å². The highest BCUT2D eigenvalue weighted by atomic mass is 16.5. The second kappa shape index (κ2) is 10.1. The van der Waals surface area contributed by atoms with Crippen molar-refractivity contribution in [3.8, 4) is 5.75 Å². The van der Waals surface area contributed by atoms with Crippen LogP contribution >= 0.6 is 0 Å². The molecule has 2 fully saturated rings. The van der Waals surface area contributed by atoms with E-state index in [2.05, 4.69) is 4.90 Å². The van der Waals surface area contributed by atoms with Gasteiger partial charge >= 0.3 is 0 Å². The number of carboxylic acid groups (broad SMARTS) is 1. The van der Waals surface area contributed by atoms with Crippen LogP contribution in [0.15, 0.2) is 24.3 Å². The first-order valence-corrected chi connectivity index (χ1v) is 8.98. The summed E-state index contributed by atoms with van der Waals surface area (Å²) in [5, 5.41) is 16.3. The van der Waals surface area contributed by atoms with E-state index >= 15 is 0 Å². The summed E-state index contributed by atoms with van der Waals surface area (Å²) in [6.45, 7) is 3.05. The van der Waals surface area contributed by atoms with Gasteiger partial charge in [0.05, 0.1) is 13.2 Å². The van der Waals surface area contributed by atoms with E-state index in [0.717, 1.165) is 51.2 Å². The van der Waals surface area contributed by atoms with E-state index in [1.165, 1.54) is 5.56 Å². The predicted molar refractivity (Wildman–Crippen MR) is 97.2 cm³/mol. The maximum Gasteiger partial charge on any atom is 0.290 e. The third-order valence-electron chi connectivity index (χ3n) is 5.01. The number of amides is 1. The van der Waals surface area contributed by atoms with Crippen molar-refractivity contribution in [2.45, 2.75) is 37.8 Å². The van der Waals surface area contributed by atoms with E-state index in [-0.39, 0.29) is 18.5 Å². The zero-order valence-corrected chi connectivity index (χ0v) is 15.2. The molecule has 26 heavy (non-hydrogen) atoms. The van der Waals surface area contributed by atoms with Gasteiger partial charge in [0.15, 0.2) is 0 Å². The molecule has 144 valence electrons. The van der Waals surface area contributed by atoms with Gasteiger partial charge in [0.25, 0.3) is 6.47 Å². The quantitative estimate of drug-likeness (QED) is 0.758. The van der Waals surface area contributed by atoms with Crippen molar-refractivity contribution in [3.05, 3.63) is 29.8 Å². The number of carbonyl (C=O) groups is 2. The summed E-state index contributed by atoms with van der Waals surface area (Å²) in [7, 11) is 1.66. The molecule has 0 bridgehead atoms. The van der Waals surface area contributed by atoms with Gasteiger partial charge < -0.3 is 19.8 Å². The highest BCUT2D eigenvalue weighted by molar-refractivity contribution is 5.76. The summed E-state index contributed by atoms with van der Waals surface area (Å²) < 4.78 is 5.15. The van der Waals surface area contributed by atoms with E-state index in [9.17, 15) is 9.90 Å². The maximum atomic E-state index is 12.4. The second-order valence-corrected chi connectivity index (χ2v) is 6.67. The number of β-amino-alcohol motifs (C(OH)–C–C–N with tert-alkyl or cyclic N) is 1. The van der Waals surface area contributed by atoms with Crippen LogP contribution in [0.3, 0.4) is 0 Å². The first-order valence-electron chi connectivity index (χ1n) is 8.98. The van der Waals surface area contributed by atoms with Crippen molar-refractivity contribution in [1.29, 1.82) is 0 Å². The Balaban J connectivity index is 0.000000758. The molecule has 0 radical (unpaired) electrons. The van der Waals surface area contributed by atoms with Crippen molar-refractivity contribution in [1.82, 2.24) is 9.80 Å². The fraction of sp³-hybridized carbons (Fsp3) is 0.579. The average molecular weight is 364 g/mol. The molecule has 0 spiro atoms. The fourth-order valence-corrected chi connectivity index (χ4v) is 3.47. The Morgan fingerprint density at radius 3 is 2.31 bits per heavy atom. The molecule has 7 nitrogen and oxygen atoms in total. The van der Waals surface area contributed by atoms with Crippen LogP contribution in [-0.4, -0.2) is 77.8 Å². The molecule has 2 aliphatic heterocycles. The fourth-order valence-electron chi connectivity index (χ4n) is 3.47. The van der Waals surface area contributed by atoms with Gasteiger partial charge in [-0.2, -0.15) is 0 Å². The third-order valence-corrected chi connectivity index (χ3v) is 5.01. The SMILES string of the molecule is COc1ccc(CCC(=O)N2CCC(N3CC(O)C3)CC2)cc1.O=CO. The number of ether oxygens (including phenoxy) is 1. The molecule has 7 heteroatoms. The first-order chi connectivity index (χ1) is 12.6. The number of carbonyl (C=O) groups excluding carboxylic acids is 1. The number of aliphatic hydroxyl groups is 1. The zero-order valence-electron chi connectivity index (χ0n) is 15.2. The first kappa shape index (κ1) is 20.2. The van der Waals surface area contributed by atoms with Crippen LogP contribution < -0.4 is 4.74 Å². The summed E-state index contributed by atoms with van der Waals surface area (Å²) in [6, 6.07) is 8.46. The van der Waals surface area contributed by atoms with Gasteiger partial charge in [0.1, 0.15) is 5.75 Å². The number of hydrogen-bond donors (Lipinski definition) is 2. The van der Waals surface area contributed by atoms with E-state index in [4.69, 9.17) is 14.6 Å². The summed E-state index contributed by atoms with van der Waals surface area (Å²) in [6.07, 6.45) is 3.27. The van der Waals surface area contributed by atoms with Gasteiger partial charge in [-0.3, -0.25) is 14.5 Å². The van der Waals surface area contributed by atoms with Crippen molar-refractivity contribution < 1.29 is 24.5 Å². The lowest BCUT2D eigenvalue weighted by atomic mass is 9.98. The molecule has 2 heterocycles. The highest BCUT2D eigenvalue weighted by Gasteiger charge is 2.33. The van der Waals surface area contributed by atoms with Crippen molar-refractivity contribution in [2.24, 2.45) is 0 Å². The molecule has 2 saturated heterocycles. The smallest absolute Gasteiger partial charge is 0.290 e. The Hall–Kier alpha value is -2.12. The molecular formula is C19H28N2O5. The Morgan fingerprint density at radius 2 is 1.81 bits per heavy atom. The Morgan fingerprint density at radius 1 is 1.23 bits per heavy atom. The van der Waals surface area contributed by atoms with Gasteiger partial charge in [-0.05, 0) is 37.0 Å². The summed E-state index contributed by atoms with van der Waals surface area (Å²) in [5.41, 5.74) is 1.17. The van der Waals surface area contributed by atoms with Crippen LogP contribution in [0.1, 0.15) is 24.8 Å². The molecule has 0 aromatic heterocycles. The minimum absolute atomic E-state index is 0.140. The number of aliphatic hydroxyl groups excluding tert-OH is 1. The topological polar surface area (TPSA) is 90.3 Å². The Kier molecular flexibility index (Phi) is 7.87. The van der Waals surface area contributed by atoms with Gasteiger partial charge in [0.2, 0.25) is 5.91 Å². The van der Waals surface area contributed by atoms with E-state index < -0.39 is 0 Å². The number of hydrogen-bond acceptors (Lipinski definition) is 5. The Bertz CT molecular complexity index is 564. The standard InChI is InChI=1S/C18H26N2O3.CH2O2/c1-23-17-5-2-14(3-6-17)4-7-18(22)19-10-8-15(9-11-19)20-12-16(21)13-20;2-1-3/h2-3,5-6,15-16,21H,4,7-13H2,1H3;1H,(H,2,3). The molecule has 1 amide bonds. The lowest BCUT2D eigenvalue weighted by Crippen LogP contribution is -2.58. The number of piperidine rings is 1. The van der Waals surface area contributed by atoms with Crippen LogP contribution in [0.5, 0.6) is 5.75 Å². The predicted octanol–water partition coefficient (Wildman–Crippen LogP) is 0.996. The molecule has 0 atom stereocenters. The molecule has 1 aromatic rings. The molecule has 2 N–H and O–H groups in total. The third kappa shape index (κ3) is 5.71. The zero-order chi connectivity index (χ0) is 18.9. The van der Waals surface area contributed by atoms with Crippen LogP contribution in [0.2, 0.25) is 0 Å². The maximum absolute atomic E-state index is 12.4. The molecule has 0 saturated carbocycles. The van der Waals surface area contributed by atoms with Gasteiger partial charge in [-0.15, -0.1) is 0 Å². The number of aryl methyl sites for hydroxylation is 1. The largest absolute Gasteiger partial charge is 0.497 e. The number of methoxy groups -OCH3 is 1. The summed E-state index contributed by atoms with van der Waals surface area (Å²) in [4.78, 5) is 25.0. The molecule has 0 aliphatic carbocycles. The summed E-state index contributed by atoms with van der Waals surface area (Å²) >= 11 is 0. The van der Waals surface area contributed by atoms with Gasteiger partial charge in [-0.1, -0.05) is 12.1 Å². The number of nitrogens with zero attached hydrogens (tertiary/aromatic N) is 2. The molecule has 1 aromatic carbocycles.